The van der Waals surface area contributed by atoms with Gasteiger partial charge in [0, 0.05) is 25.4 Å². The molecule has 0 aromatic heterocycles. The van der Waals surface area contributed by atoms with Crippen LogP contribution in [0.1, 0.15) is 43.7 Å². The maximum atomic E-state index is 11.2. The molecule has 1 spiro atoms. The smallest absolute Gasteiger partial charge is 0.302 e. The summed E-state index contributed by atoms with van der Waals surface area (Å²) >= 11 is 0. The minimum atomic E-state index is -0.177. The molecule has 5 heteroatoms. The van der Waals surface area contributed by atoms with Gasteiger partial charge >= 0.3 is 5.97 Å². The van der Waals surface area contributed by atoms with Crippen molar-refractivity contribution in [2.45, 2.75) is 50.7 Å². The van der Waals surface area contributed by atoms with Crippen molar-refractivity contribution in [3.8, 4) is 11.5 Å². The molecule has 1 aromatic carbocycles. The molecule has 1 aliphatic carbocycles. The number of nitrogens with zero attached hydrogens (tertiary/aromatic N) is 1. The molecule has 0 unspecified atom stereocenters. The summed E-state index contributed by atoms with van der Waals surface area (Å²) < 4.78 is 16.4. The minimum absolute atomic E-state index is 0.0592. The van der Waals surface area contributed by atoms with Crippen LogP contribution < -0.4 is 9.47 Å². The molecule has 5 nitrogen and oxygen atoms in total. The third kappa shape index (κ3) is 3.09. The summed E-state index contributed by atoms with van der Waals surface area (Å²) in [6.07, 6.45) is 3.95. The van der Waals surface area contributed by atoms with E-state index in [1.54, 1.807) is 14.2 Å². The Kier molecular flexibility index (Phi) is 4.72. The Morgan fingerprint density at radius 1 is 1.17 bits per heavy atom. The molecule has 0 N–H and O–H groups in total. The normalized spacial score (nSPS) is 26.8. The van der Waals surface area contributed by atoms with E-state index in [2.05, 4.69) is 24.1 Å². The van der Waals surface area contributed by atoms with Crippen LogP contribution in [0.25, 0.3) is 0 Å². The lowest BCUT2D eigenvalue weighted by molar-refractivity contribution is -0.148. The first-order valence-electron chi connectivity index (χ1n) is 8.58. The van der Waals surface area contributed by atoms with Crippen LogP contribution in [-0.2, 0) is 21.5 Å². The highest BCUT2D eigenvalue weighted by Gasteiger charge is 2.42. The van der Waals surface area contributed by atoms with E-state index in [4.69, 9.17) is 14.2 Å². The van der Waals surface area contributed by atoms with Crippen molar-refractivity contribution in [1.29, 1.82) is 0 Å². The molecule has 0 radical (unpaired) electrons. The first kappa shape index (κ1) is 17.1. The van der Waals surface area contributed by atoms with Crippen LogP contribution in [0.15, 0.2) is 12.1 Å². The number of hydrogen-bond acceptors (Lipinski definition) is 5. The molecule has 1 fully saturated rings. The summed E-state index contributed by atoms with van der Waals surface area (Å²) in [6.45, 7) is 3.44. The van der Waals surface area contributed by atoms with E-state index in [0.29, 0.717) is 0 Å². The molecule has 24 heavy (non-hydrogen) atoms. The predicted octanol–water partition coefficient (Wildman–Crippen LogP) is 2.89. The van der Waals surface area contributed by atoms with Gasteiger partial charge in [-0.15, -0.1) is 0 Å². The molecule has 0 saturated heterocycles. The van der Waals surface area contributed by atoms with E-state index in [1.807, 2.05) is 0 Å². The highest BCUT2D eigenvalue weighted by atomic mass is 16.5. The Balaban J connectivity index is 1.92. The number of benzene rings is 1. The minimum Gasteiger partial charge on any atom is -0.493 e. The number of esters is 1. The number of carbonyl (C=O) groups excluding carboxylic acids is 1. The van der Waals surface area contributed by atoms with Gasteiger partial charge in [0.05, 0.1) is 14.2 Å². The molecule has 0 amide bonds. The van der Waals surface area contributed by atoms with Crippen LogP contribution in [0.5, 0.6) is 11.5 Å². The van der Waals surface area contributed by atoms with Crippen molar-refractivity contribution in [3.05, 3.63) is 23.3 Å². The number of methoxy groups -OCH3 is 2. The second-order valence-corrected chi connectivity index (χ2v) is 7.13. The number of rotatable bonds is 3. The number of fused-ring (bicyclic) bond motifs is 2. The fourth-order valence-corrected chi connectivity index (χ4v) is 4.42. The molecule has 1 aromatic rings. The van der Waals surface area contributed by atoms with E-state index in [-0.39, 0.29) is 17.5 Å². The van der Waals surface area contributed by atoms with Crippen molar-refractivity contribution in [3.63, 3.8) is 0 Å². The monoisotopic (exact) mass is 333 g/mol. The third-order valence-electron chi connectivity index (χ3n) is 5.42. The van der Waals surface area contributed by atoms with Crippen molar-refractivity contribution in [1.82, 2.24) is 4.90 Å². The van der Waals surface area contributed by atoms with Gasteiger partial charge in [-0.1, -0.05) is 0 Å². The Bertz CT molecular complexity index is 620. The van der Waals surface area contributed by atoms with Gasteiger partial charge < -0.3 is 19.1 Å². The van der Waals surface area contributed by atoms with Gasteiger partial charge in [0.2, 0.25) is 0 Å². The molecule has 0 atom stereocenters. The number of carbonyl (C=O) groups is 1. The van der Waals surface area contributed by atoms with Gasteiger partial charge in [-0.25, -0.2) is 0 Å². The van der Waals surface area contributed by atoms with Crippen LogP contribution in [0.2, 0.25) is 0 Å². The summed E-state index contributed by atoms with van der Waals surface area (Å²) in [6, 6.07) is 4.27. The van der Waals surface area contributed by atoms with Gasteiger partial charge in [-0.05, 0) is 56.0 Å². The SMILES string of the molecule is COc1cc2c(cc1OC)C1(CCC(OC(C)=O)CC1)CN(C)C2. The zero-order valence-electron chi connectivity index (χ0n) is 15.1. The molecular weight excluding hydrogens is 306 g/mol. The lowest BCUT2D eigenvalue weighted by Crippen LogP contribution is -2.47. The van der Waals surface area contributed by atoms with Crippen LogP contribution >= 0.6 is 0 Å². The van der Waals surface area contributed by atoms with E-state index in [1.165, 1.54) is 18.1 Å². The fourth-order valence-electron chi connectivity index (χ4n) is 4.42. The van der Waals surface area contributed by atoms with Crippen molar-refractivity contribution < 1.29 is 19.0 Å². The molecule has 1 heterocycles. The second-order valence-electron chi connectivity index (χ2n) is 7.13. The number of hydrogen-bond donors (Lipinski definition) is 0. The molecule has 1 saturated carbocycles. The first-order valence-corrected chi connectivity index (χ1v) is 8.58. The fraction of sp³-hybridized carbons (Fsp3) is 0.632. The molecule has 1 aliphatic heterocycles. The quantitative estimate of drug-likeness (QED) is 0.796. The Labute approximate surface area is 143 Å². The third-order valence-corrected chi connectivity index (χ3v) is 5.42. The number of likely N-dealkylation sites (N-methyl/N-ethyl adjacent to an activating group) is 1. The number of ether oxygens (including phenoxy) is 3. The van der Waals surface area contributed by atoms with E-state index in [0.717, 1.165) is 50.3 Å². The van der Waals surface area contributed by atoms with Gasteiger partial charge in [0.1, 0.15) is 6.10 Å². The maximum absolute atomic E-state index is 11.2. The topological polar surface area (TPSA) is 48.0 Å². The second kappa shape index (κ2) is 6.63. The molecule has 0 bridgehead atoms. The lowest BCUT2D eigenvalue weighted by Gasteiger charge is -2.47. The zero-order valence-corrected chi connectivity index (χ0v) is 15.1. The van der Waals surface area contributed by atoms with Gasteiger partial charge in [0.15, 0.2) is 11.5 Å². The highest BCUT2D eigenvalue weighted by molar-refractivity contribution is 5.66. The van der Waals surface area contributed by atoms with Crippen LogP contribution in [0.3, 0.4) is 0 Å². The average molecular weight is 333 g/mol. The van der Waals surface area contributed by atoms with E-state index in [9.17, 15) is 4.79 Å². The van der Waals surface area contributed by atoms with Crippen molar-refractivity contribution >= 4 is 5.97 Å². The van der Waals surface area contributed by atoms with Crippen LogP contribution in [-0.4, -0.2) is 44.8 Å². The van der Waals surface area contributed by atoms with Gasteiger partial charge in [-0.2, -0.15) is 0 Å². The van der Waals surface area contributed by atoms with Gasteiger partial charge in [-0.3, -0.25) is 4.79 Å². The van der Waals surface area contributed by atoms with Crippen LogP contribution in [0, 0.1) is 0 Å². The molecule has 132 valence electrons. The Hall–Kier alpha value is -1.75. The zero-order chi connectivity index (χ0) is 17.3. The first-order chi connectivity index (χ1) is 11.5. The van der Waals surface area contributed by atoms with Gasteiger partial charge in [0.25, 0.3) is 0 Å². The highest BCUT2D eigenvalue weighted by Crippen LogP contribution is 2.47. The Morgan fingerprint density at radius 2 is 1.79 bits per heavy atom. The predicted molar refractivity (Wildman–Crippen MR) is 91.6 cm³/mol. The summed E-state index contributed by atoms with van der Waals surface area (Å²) in [5.41, 5.74) is 2.80. The summed E-state index contributed by atoms with van der Waals surface area (Å²) in [5, 5.41) is 0. The van der Waals surface area contributed by atoms with Crippen LogP contribution in [0.4, 0.5) is 0 Å². The standard InChI is InChI=1S/C19H27NO4/c1-13(21)24-15-5-7-19(8-6-15)12-20(2)11-14-9-17(22-3)18(23-4)10-16(14)19/h9-10,15H,5-8,11-12H2,1-4H3. The van der Waals surface area contributed by atoms with E-state index >= 15 is 0 Å². The largest absolute Gasteiger partial charge is 0.493 e. The molecule has 3 rings (SSSR count). The summed E-state index contributed by atoms with van der Waals surface area (Å²) in [4.78, 5) is 13.6. The maximum Gasteiger partial charge on any atom is 0.302 e. The molecule has 2 aliphatic rings. The van der Waals surface area contributed by atoms with Crippen molar-refractivity contribution in [2.24, 2.45) is 0 Å². The molecular formula is C19H27NO4. The Morgan fingerprint density at radius 3 is 2.38 bits per heavy atom. The van der Waals surface area contributed by atoms with Crippen molar-refractivity contribution in [2.75, 3.05) is 27.8 Å². The lowest BCUT2D eigenvalue weighted by atomic mass is 9.65. The average Bonchev–Trinajstić information content (AvgIpc) is 2.55. The summed E-state index contributed by atoms with van der Waals surface area (Å²) in [5.74, 6) is 1.40. The summed E-state index contributed by atoms with van der Waals surface area (Å²) in [7, 11) is 5.53. The van der Waals surface area contributed by atoms with E-state index < -0.39 is 0 Å².